The summed E-state index contributed by atoms with van der Waals surface area (Å²) in [5, 5.41) is 0. The van der Waals surface area contributed by atoms with Crippen molar-refractivity contribution >= 4 is 11.5 Å². The maximum atomic E-state index is 11.3. The highest BCUT2D eigenvalue weighted by Gasteiger charge is 2.13. The minimum Gasteiger partial charge on any atom is -0.463 e. The second-order valence-electron chi connectivity index (χ2n) is 3.00. The Hall–Kier alpha value is -1.84. The molecule has 4 heteroatoms. The normalized spacial score (nSPS) is 10.4. The van der Waals surface area contributed by atoms with Gasteiger partial charge in [-0.25, -0.2) is 9.78 Å². The van der Waals surface area contributed by atoms with Gasteiger partial charge in [0.1, 0.15) is 0 Å². The van der Waals surface area contributed by atoms with E-state index in [1.165, 1.54) is 7.11 Å². The highest BCUT2D eigenvalue weighted by atomic mass is 16.5. The van der Waals surface area contributed by atoms with Crippen LogP contribution in [0.1, 0.15) is 16.3 Å². The minimum atomic E-state index is -0.417. The Bertz CT molecular complexity index is 488. The molecule has 0 saturated carbocycles. The number of imidazole rings is 1. The molecule has 0 radical (unpaired) electrons. The molecule has 2 aromatic heterocycles. The Labute approximate surface area is 81.1 Å². The van der Waals surface area contributed by atoms with Crippen molar-refractivity contribution in [1.82, 2.24) is 9.38 Å². The van der Waals surface area contributed by atoms with Gasteiger partial charge in [0, 0.05) is 5.69 Å². The number of esters is 1. The highest BCUT2D eigenvalue weighted by Crippen LogP contribution is 2.10. The Morgan fingerprint density at radius 2 is 2.29 bits per heavy atom. The molecule has 0 aliphatic carbocycles. The molecule has 0 atom stereocenters. The fourth-order valence-electron chi connectivity index (χ4n) is 1.45. The van der Waals surface area contributed by atoms with Gasteiger partial charge in [-0.05, 0) is 19.1 Å². The van der Waals surface area contributed by atoms with Crippen LogP contribution in [0, 0.1) is 6.92 Å². The second kappa shape index (κ2) is 3.14. The van der Waals surface area contributed by atoms with Crippen molar-refractivity contribution in [2.24, 2.45) is 0 Å². The summed E-state index contributed by atoms with van der Waals surface area (Å²) in [6, 6.07) is 5.74. The molecule has 4 nitrogen and oxygen atoms in total. The third kappa shape index (κ3) is 1.16. The van der Waals surface area contributed by atoms with Gasteiger partial charge in [-0.3, -0.25) is 4.40 Å². The van der Waals surface area contributed by atoms with Crippen LogP contribution in [0.3, 0.4) is 0 Å². The van der Waals surface area contributed by atoms with Crippen LogP contribution in [0.4, 0.5) is 0 Å². The van der Waals surface area contributed by atoms with Crippen molar-refractivity contribution in [1.29, 1.82) is 0 Å². The maximum absolute atomic E-state index is 11.3. The number of fused-ring (bicyclic) bond motifs is 1. The van der Waals surface area contributed by atoms with E-state index in [0.29, 0.717) is 5.82 Å². The summed E-state index contributed by atoms with van der Waals surface area (Å²) in [5.41, 5.74) is 1.85. The lowest BCUT2D eigenvalue weighted by atomic mass is 10.3. The van der Waals surface area contributed by atoms with Crippen LogP contribution in [-0.2, 0) is 4.74 Å². The van der Waals surface area contributed by atoms with Gasteiger partial charge in [-0.15, -0.1) is 0 Å². The summed E-state index contributed by atoms with van der Waals surface area (Å²) in [7, 11) is 1.35. The van der Waals surface area contributed by atoms with Gasteiger partial charge in [-0.1, -0.05) is 6.07 Å². The number of nitrogens with zero attached hydrogens (tertiary/aromatic N) is 2. The number of carbonyl (C=O) groups excluding carboxylic acids is 1. The molecule has 0 unspecified atom stereocenters. The van der Waals surface area contributed by atoms with Gasteiger partial charge in [0.15, 0.2) is 0 Å². The molecule has 0 aromatic carbocycles. The Balaban J connectivity index is 2.73. The lowest BCUT2D eigenvalue weighted by Gasteiger charge is -2.02. The number of rotatable bonds is 1. The fraction of sp³-hybridized carbons (Fsp3) is 0.200. The van der Waals surface area contributed by atoms with Crippen molar-refractivity contribution in [3.8, 4) is 0 Å². The molecule has 0 amide bonds. The van der Waals surface area contributed by atoms with Gasteiger partial charge in [0.25, 0.3) is 0 Å². The third-order valence-electron chi connectivity index (χ3n) is 2.11. The van der Waals surface area contributed by atoms with Crippen molar-refractivity contribution in [2.45, 2.75) is 6.92 Å². The van der Waals surface area contributed by atoms with Crippen molar-refractivity contribution in [3.05, 3.63) is 35.9 Å². The first-order chi connectivity index (χ1) is 6.74. The molecule has 0 aliphatic rings. The van der Waals surface area contributed by atoms with Gasteiger partial charge < -0.3 is 4.74 Å². The van der Waals surface area contributed by atoms with E-state index in [1.54, 1.807) is 10.6 Å². The highest BCUT2D eigenvalue weighted by molar-refractivity contribution is 5.86. The molecule has 72 valence electrons. The number of pyridine rings is 1. The van der Waals surface area contributed by atoms with Crippen LogP contribution in [-0.4, -0.2) is 22.5 Å². The molecule has 14 heavy (non-hydrogen) atoms. The average molecular weight is 190 g/mol. The zero-order valence-electron chi connectivity index (χ0n) is 8.02. The van der Waals surface area contributed by atoms with Crippen LogP contribution >= 0.6 is 0 Å². The van der Waals surface area contributed by atoms with Gasteiger partial charge in [-0.2, -0.15) is 0 Å². The Morgan fingerprint density at radius 1 is 1.50 bits per heavy atom. The summed E-state index contributed by atoms with van der Waals surface area (Å²) >= 11 is 0. The Morgan fingerprint density at radius 3 is 3.00 bits per heavy atom. The Kier molecular flexibility index (Phi) is 1.96. The molecular formula is C10H10N2O2. The van der Waals surface area contributed by atoms with E-state index in [-0.39, 0.29) is 0 Å². The molecule has 2 rings (SSSR count). The standard InChI is InChI=1S/C10H10N2O2/c1-7-4-3-5-8-6-11-9(12(7)8)10(13)14-2/h3-6H,1-2H3. The predicted molar refractivity (Wildman–Crippen MR) is 51.3 cm³/mol. The quantitative estimate of drug-likeness (QED) is 0.639. The lowest BCUT2D eigenvalue weighted by Crippen LogP contribution is -2.08. The van der Waals surface area contributed by atoms with Crippen LogP contribution in [0.15, 0.2) is 24.4 Å². The molecular weight excluding hydrogens is 180 g/mol. The molecule has 0 bridgehead atoms. The predicted octanol–water partition coefficient (Wildman–Crippen LogP) is 1.43. The molecule has 2 aromatic rings. The van der Waals surface area contributed by atoms with E-state index in [4.69, 9.17) is 0 Å². The van der Waals surface area contributed by atoms with Crippen LogP contribution in [0.2, 0.25) is 0 Å². The van der Waals surface area contributed by atoms with E-state index < -0.39 is 5.97 Å². The lowest BCUT2D eigenvalue weighted by molar-refractivity contribution is 0.0585. The molecule has 0 fully saturated rings. The number of aryl methyl sites for hydroxylation is 1. The monoisotopic (exact) mass is 190 g/mol. The van der Waals surface area contributed by atoms with Crippen molar-refractivity contribution < 1.29 is 9.53 Å². The first-order valence-electron chi connectivity index (χ1n) is 4.25. The number of hydrogen-bond acceptors (Lipinski definition) is 3. The van der Waals surface area contributed by atoms with Crippen LogP contribution in [0.25, 0.3) is 5.52 Å². The minimum absolute atomic E-state index is 0.320. The first-order valence-corrected chi connectivity index (χ1v) is 4.25. The summed E-state index contributed by atoms with van der Waals surface area (Å²) in [6.45, 7) is 1.92. The number of hydrogen-bond donors (Lipinski definition) is 0. The first kappa shape index (κ1) is 8.74. The molecule has 0 N–H and O–H groups in total. The average Bonchev–Trinajstić information content (AvgIpc) is 2.62. The summed E-state index contributed by atoms with van der Waals surface area (Å²) in [6.07, 6.45) is 1.65. The van der Waals surface area contributed by atoms with E-state index in [0.717, 1.165) is 11.2 Å². The zero-order valence-corrected chi connectivity index (χ0v) is 8.02. The molecule has 2 heterocycles. The van der Waals surface area contributed by atoms with Crippen LogP contribution in [0.5, 0.6) is 0 Å². The number of methoxy groups -OCH3 is 1. The summed E-state index contributed by atoms with van der Waals surface area (Å²) in [5.74, 6) is -0.0973. The van der Waals surface area contributed by atoms with Gasteiger partial charge in [0.2, 0.25) is 5.82 Å². The molecule has 0 aliphatic heterocycles. The van der Waals surface area contributed by atoms with Crippen LogP contribution < -0.4 is 0 Å². The SMILES string of the molecule is COC(=O)c1ncc2cccc(C)n12. The van der Waals surface area contributed by atoms with E-state index in [9.17, 15) is 4.79 Å². The molecule has 0 saturated heterocycles. The van der Waals surface area contributed by atoms with E-state index >= 15 is 0 Å². The molecule has 0 spiro atoms. The van der Waals surface area contributed by atoms with Crippen molar-refractivity contribution in [2.75, 3.05) is 7.11 Å². The van der Waals surface area contributed by atoms with Gasteiger partial charge in [0.05, 0.1) is 18.8 Å². The van der Waals surface area contributed by atoms with Gasteiger partial charge >= 0.3 is 5.97 Å². The number of ether oxygens (including phenoxy) is 1. The van der Waals surface area contributed by atoms with Crippen molar-refractivity contribution in [3.63, 3.8) is 0 Å². The van der Waals surface area contributed by atoms with E-state index in [2.05, 4.69) is 9.72 Å². The topological polar surface area (TPSA) is 43.6 Å². The van der Waals surface area contributed by atoms with E-state index in [1.807, 2.05) is 25.1 Å². The zero-order chi connectivity index (χ0) is 10.1. The third-order valence-corrected chi connectivity index (χ3v) is 2.11. The number of carbonyl (C=O) groups is 1. The largest absolute Gasteiger partial charge is 0.463 e. The summed E-state index contributed by atoms with van der Waals surface area (Å²) < 4.78 is 6.41. The summed E-state index contributed by atoms with van der Waals surface area (Å²) in [4.78, 5) is 15.4. The number of aromatic nitrogens is 2. The smallest absolute Gasteiger partial charge is 0.374 e. The second-order valence-corrected chi connectivity index (χ2v) is 3.00. The maximum Gasteiger partial charge on any atom is 0.374 e. The fourth-order valence-corrected chi connectivity index (χ4v) is 1.45.